The number of amides is 1. The first-order valence-corrected chi connectivity index (χ1v) is 9.43. The Morgan fingerprint density at radius 2 is 1.74 bits per heavy atom. The molecule has 1 aromatic heterocycles. The van der Waals surface area contributed by atoms with Gasteiger partial charge in [0.2, 0.25) is 0 Å². The van der Waals surface area contributed by atoms with Crippen molar-refractivity contribution in [3.05, 3.63) is 54.2 Å². The molecule has 2 N–H and O–H groups in total. The van der Waals surface area contributed by atoms with Crippen LogP contribution >= 0.6 is 0 Å². The highest BCUT2D eigenvalue weighted by Gasteiger charge is 2.14. The van der Waals surface area contributed by atoms with Crippen molar-refractivity contribution < 1.29 is 23.7 Å². The fraction of sp³-hybridized carbons (Fsp3) is 0.217. The second-order valence-corrected chi connectivity index (χ2v) is 6.21. The Morgan fingerprint density at radius 1 is 0.968 bits per heavy atom. The number of para-hydroxylation sites is 2. The number of nitrogens with zero attached hydrogens (tertiary/aromatic N) is 1. The van der Waals surface area contributed by atoms with Crippen molar-refractivity contribution in [1.29, 1.82) is 0 Å². The monoisotopic (exact) mass is 421 g/mol. The van der Waals surface area contributed by atoms with Gasteiger partial charge in [0.25, 0.3) is 5.91 Å². The van der Waals surface area contributed by atoms with Crippen LogP contribution in [-0.2, 0) is 0 Å². The van der Waals surface area contributed by atoms with Crippen LogP contribution in [0.5, 0.6) is 23.0 Å². The van der Waals surface area contributed by atoms with Crippen molar-refractivity contribution in [2.75, 3.05) is 34.5 Å². The van der Waals surface area contributed by atoms with Gasteiger partial charge in [-0.3, -0.25) is 9.89 Å². The molecule has 8 nitrogen and oxygen atoms in total. The van der Waals surface area contributed by atoms with E-state index >= 15 is 0 Å². The minimum atomic E-state index is -0.319. The fourth-order valence-corrected chi connectivity index (χ4v) is 2.78. The van der Waals surface area contributed by atoms with Crippen molar-refractivity contribution in [1.82, 2.24) is 15.5 Å². The van der Waals surface area contributed by atoms with E-state index < -0.39 is 0 Å². The van der Waals surface area contributed by atoms with Crippen LogP contribution in [0.15, 0.2) is 48.5 Å². The smallest absolute Gasteiger partial charge is 0.270 e. The predicted octanol–water partition coefficient (Wildman–Crippen LogP) is 2.91. The van der Waals surface area contributed by atoms with E-state index in [1.807, 2.05) is 18.2 Å². The van der Waals surface area contributed by atoms with Crippen LogP contribution < -0.4 is 24.3 Å². The quantitative estimate of drug-likeness (QED) is 0.543. The zero-order valence-corrected chi connectivity index (χ0v) is 17.5. The molecule has 0 atom stereocenters. The van der Waals surface area contributed by atoms with E-state index in [2.05, 4.69) is 27.4 Å². The first kappa shape index (κ1) is 21.6. The number of aromatic nitrogens is 2. The summed E-state index contributed by atoms with van der Waals surface area (Å²) in [5, 5.41) is 9.66. The Hall–Kier alpha value is -4.12. The topological polar surface area (TPSA) is 94.7 Å². The average Bonchev–Trinajstić information content (AvgIpc) is 3.31. The van der Waals surface area contributed by atoms with E-state index in [0.29, 0.717) is 39.9 Å². The van der Waals surface area contributed by atoms with Crippen molar-refractivity contribution in [3.63, 3.8) is 0 Å². The van der Waals surface area contributed by atoms with E-state index in [-0.39, 0.29) is 19.1 Å². The van der Waals surface area contributed by atoms with Gasteiger partial charge in [-0.2, -0.15) is 5.10 Å². The van der Waals surface area contributed by atoms with Crippen LogP contribution in [0.4, 0.5) is 0 Å². The van der Waals surface area contributed by atoms with Crippen LogP contribution in [-0.4, -0.2) is 50.6 Å². The Labute approximate surface area is 180 Å². The summed E-state index contributed by atoms with van der Waals surface area (Å²) in [6.45, 7) is 0.352. The summed E-state index contributed by atoms with van der Waals surface area (Å²) >= 11 is 0. The Kier molecular flexibility index (Phi) is 7.38. The molecule has 8 heteroatoms. The van der Waals surface area contributed by atoms with Crippen LogP contribution in [0.3, 0.4) is 0 Å². The second kappa shape index (κ2) is 10.6. The number of carbonyl (C=O) groups is 1. The third-order valence-electron chi connectivity index (χ3n) is 4.34. The van der Waals surface area contributed by atoms with Gasteiger partial charge in [0.1, 0.15) is 23.8 Å². The number of aromatic amines is 1. The molecule has 0 aliphatic rings. The maximum atomic E-state index is 12.4. The second-order valence-electron chi connectivity index (χ2n) is 6.21. The molecule has 1 heterocycles. The van der Waals surface area contributed by atoms with Gasteiger partial charge < -0.3 is 24.3 Å². The lowest BCUT2D eigenvalue weighted by atomic mass is 10.1. The van der Waals surface area contributed by atoms with Crippen LogP contribution in [0.1, 0.15) is 10.5 Å². The number of nitrogens with one attached hydrogen (secondary N) is 2. The van der Waals surface area contributed by atoms with Gasteiger partial charge in [-0.15, -0.1) is 0 Å². The number of benzene rings is 2. The molecule has 0 radical (unpaired) electrons. The summed E-state index contributed by atoms with van der Waals surface area (Å²) in [7, 11) is 4.73. The van der Waals surface area contributed by atoms with Gasteiger partial charge >= 0.3 is 0 Å². The summed E-state index contributed by atoms with van der Waals surface area (Å²) in [5.41, 5.74) is 1.59. The maximum absolute atomic E-state index is 12.4. The summed E-state index contributed by atoms with van der Waals surface area (Å²) < 4.78 is 21.4. The van der Waals surface area contributed by atoms with Gasteiger partial charge in [0.15, 0.2) is 11.5 Å². The molecule has 160 valence electrons. The largest absolute Gasteiger partial charge is 0.497 e. The van der Waals surface area contributed by atoms with Crippen molar-refractivity contribution in [2.24, 2.45) is 0 Å². The molecular weight excluding hydrogens is 398 g/mol. The SMILES string of the molecule is COc1ccc(OC)c(-c2cc(C(=O)NCC#CCOc3ccccc3OC)[nH]n2)c1. The van der Waals surface area contributed by atoms with Crippen LogP contribution in [0.25, 0.3) is 11.3 Å². The number of H-pyrrole nitrogens is 1. The first-order chi connectivity index (χ1) is 15.2. The predicted molar refractivity (Wildman–Crippen MR) is 116 cm³/mol. The Morgan fingerprint density at radius 3 is 2.48 bits per heavy atom. The molecule has 1 amide bonds. The number of ether oxygens (including phenoxy) is 4. The molecule has 2 aromatic carbocycles. The van der Waals surface area contributed by atoms with E-state index in [1.54, 1.807) is 51.7 Å². The number of carbonyl (C=O) groups excluding carboxylic acids is 1. The summed E-state index contributed by atoms with van der Waals surface area (Å²) in [5.74, 6) is 7.92. The lowest BCUT2D eigenvalue weighted by Gasteiger charge is -2.08. The van der Waals surface area contributed by atoms with Crippen molar-refractivity contribution >= 4 is 5.91 Å². The molecule has 0 fully saturated rings. The maximum Gasteiger partial charge on any atom is 0.270 e. The molecule has 31 heavy (non-hydrogen) atoms. The van der Waals surface area contributed by atoms with Gasteiger partial charge in [-0.25, -0.2) is 0 Å². The number of hydrogen-bond acceptors (Lipinski definition) is 6. The number of rotatable bonds is 8. The number of hydrogen-bond donors (Lipinski definition) is 2. The van der Waals surface area contributed by atoms with Gasteiger partial charge in [-0.1, -0.05) is 24.0 Å². The van der Waals surface area contributed by atoms with E-state index in [1.165, 1.54) is 0 Å². The molecule has 0 saturated heterocycles. The van der Waals surface area contributed by atoms with Crippen LogP contribution in [0, 0.1) is 11.8 Å². The zero-order valence-electron chi connectivity index (χ0n) is 17.5. The average molecular weight is 421 g/mol. The van der Waals surface area contributed by atoms with E-state index in [4.69, 9.17) is 18.9 Å². The zero-order chi connectivity index (χ0) is 22.1. The van der Waals surface area contributed by atoms with Crippen LogP contribution in [0.2, 0.25) is 0 Å². The van der Waals surface area contributed by atoms with Crippen molar-refractivity contribution in [2.45, 2.75) is 0 Å². The van der Waals surface area contributed by atoms with E-state index in [0.717, 1.165) is 0 Å². The molecule has 0 spiro atoms. The molecule has 3 aromatic rings. The standard InChI is InChI=1S/C23H23N3O5/c1-28-16-10-11-20(29-2)17(14-16)18-15-19(26-25-18)23(27)24-12-6-7-13-31-22-9-5-4-8-21(22)30-3/h4-5,8-11,14-15H,12-13H2,1-3H3,(H,24,27)(H,25,26). The van der Waals surface area contributed by atoms with E-state index in [9.17, 15) is 4.79 Å². The Balaban J connectivity index is 1.55. The third-order valence-corrected chi connectivity index (χ3v) is 4.34. The highest BCUT2D eigenvalue weighted by Crippen LogP contribution is 2.32. The minimum Gasteiger partial charge on any atom is -0.497 e. The normalized spacial score (nSPS) is 9.90. The Bertz CT molecular complexity index is 1100. The summed E-state index contributed by atoms with van der Waals surface area (Å²) in [6, 6.07) is 14.3. The molecule has 0 bridgehead atoms. The fourth-order valence-electron chi connectivity index (χ4n) is 2.78. The van der Waals surface area contributed by atoms with Gasteiger partial charge in [0.05, 0.1) is 33.6 Å². The molecule has 0 saturated carbocycles. The lowest BCUT2D eigenvalue weighted by Crippen LogP contribution is -2.24. The molecular formula is C23H23N3O5. The summed E-state index contributed by atoms with van der Waals surface area (Å²) in [4.78, 5) is 12.4. The minimum absolute atomic E-state index is 0.172. The van der Waals surface area contributed by atoms with Gasteiger partial charge in [0, 0.05) is 5.56 Å². The third kappa shape index (κ3) is 5.48. The molecule has 0 aliphatic carbocycles. The highest BCUT2D eigenvalue weighted by molar-refractivity contribution is 5.93. The molecule has 0 aliphatic heterocycles. The summed E-state index contributed by atoms with van der Waals surface area (Å²) in [6.07, 6.45) is 0. The first-order valence-electron chi connectivity index (χ1n) is 9.43. The molecule has 3 rings (SSSR count). The lowest BCUT2D eigenvalue weighted by molar-refractivity contribution is 0.0953. The van der Waals surface area contributed by atoms with Gasteiger partial charge in [-0.05, 0) is 36.4 Å². The number of methoxy groups -OCH3 is 3. The molecule has 0 unspecified atom stereocenters. The highest BCUT2D eigenvalue weighted by atomic mass is 16.5. The van der Waals surface area contributed by atoms with Crippen molar-refractivity contribution in [3.8, 4) is 46.1 Å².